The lowest BCUT2D eigenvalue weighted by Gasteiger charge is -2.16. The Morgan fingerprint density at radius 2 is 1.75 bits per heavy atom. The van der Waals surface area contributed by atoms with Gasteiger partial charge in [0.25, 0.3) is 0 Å². The number of hydrogen-bond acceptors (Lipinski definition) is 5. The predicted molar refractivity (Wildman–Crippen MR) is 75.9 cm³/mol. The van der Waals surface area contributed by atoms with E-state index in [1.807, 2.05) is 6.92 Å². The Hall–Kier alpha value is -1.15. The normalized spacial score (nSPS) is 24.1. The summed E-state index contributed by atoms with van der Waals surface area (Å²) in [5, 5.41) is 0. The van der Waals surface area contributed by atoms with Gasteiger partial charge in [-0.15, -0.1) is 0 Å². The largest absolute Gasteiger partial charge is 0.398 e. The first-order chi connectivity index (χ1) is 9.40. The van der Waals surface area contributed by atoms with Gasteiger partial charge in [-0.3, -0.25) is 0 Å². The average molecular weight is 300 g/mol. The summed E-state index contributed by atoms with van der Waals surface area (Å²) in [6.45, 7) is 2.40. The number of nitrogens with zero attached hydrogens (tertiary/aromatic N) is 1. The summed E-state index contributed by atoms with van der Waals surface area (Å²) in [6, 6.07) is 4.77. The molecule has 2 rings (SSSR count). The highest BCUT2D eigenvalue weighted by Gasteiger charge is 2.39. The molecular formula is C13H20N2O4S. The van der Waals surface area contributed by atoms with Gasteiger partial charge in [-0.1, -0.05) is 6.07 Å². The molecule has 0 spiro atoms. The van der Waals surface area contributed by atoms with Crippen LogP contribution in [-0.4, -0.2) is 52.2 Å². The van der Waals surface area contributed by atoms with Gasteiger partial charge in [0, 0.05) is 33.0 Å². The summed E-state index contributed by atoms with van der Waals surface area (Å²) in [5.41, 5.74) is 7.12. The summed E-state index contributed by atoms with van der Waals surface area (Å²) < 4.78 is 37.1. The van der Waals surface area contributed by atoms with Gasteiger partial charge < -0.3 is 15.2 Å². The van der Waals surface area contributed by atoms with E-state index in [4.69, 9.17) is 15.2 Å². The number of ether oxygens (including phenoxy) is 2. The molecule has 6 nitrogen and oxygen atoms in total. The fourth-order valence-electron chi connectivity index (χ4n) is 2.29. The lowest BCUT2D eigenvalue weighted by molar-refractivity contribution is -0.00461. The number of sulfonamides is 1. The van der Waals surface area contributed by atoms with Gasteiger partial charge in [0.1, 0.15) is 0 Å². The SMILES string of the molecule is COC1CN(S(=O)(=O)c2ccc(C)c(N)c2)CC1OC. The number of benzene rings is 1. The number of rotatable bonds is 4. The monoisotopic (exact) mass is 300 g/mol. The Morgan fingerprint density at radius 1 is 1.20 bits per heavy atom. The summed E-state index contributed by atoms with van der Waals surface area (Å²) in [7, 11) is -0.466. The number of anilines is 1. The van der Waals surface area contributed by atoms with E-state index < -0.39 is 10.0 Å². The average Bonchev–Trinajstić information content (AvgIpc) is 2.85. The molecule has 0 radical (unpaired) electrons. The molecule has 1 saturated heterocycles. The number of nitrogen functional groups attached to an aromatic ring is 1. The van der Waals surface area contributed by atoms with E-state index in [9.17, 15) is 8.42 Å². The van der Waals surface area contributed by atoms with Crippen molar-refractivity contribution in [1.82, 2.24) is 4.31 Å². The van der Waals surface area contributed by atoms with E-state index in [0.29, 0.717) is 5.69 Å². The Morgan fingerprint density at radius 3 is 2.20 bits per heavy atom. The third-order valence-electron chi connectivity index (χ3n) is 3.68. The summed E-state index contributed by atoms with van der Waals surface area (Å²) in [4.78, 5) is 0.201. The quantitative estimate of drug-likeness (QED) is 0.824. The number of hydrogen-bond donors (Lipinski definition) is 1. The lowest BCUT2D eigenvalue weighted by Crippen LogP contribution is -2.30. The minimum atomic E-state index is -3.57. The van der Waals surface area contributed by atoms with Crippen molar-refractivity contribution in [2.24, 2.45) is 0 Å². The number of nitrogens with two attached hydrogens (primary N) is 1. The maximum atomic E-state index is 12.6. The first-order valence-corrected chi connectivity index (χ1v) is 7.76. The van der Waals surface area contributed by atoms with Crippen LogP contribution < -0.4 is 5.73 Å². The third-order valence-corrected chi connectivity index (χ3v) is 5.50. The minimum absolute atomic E-state index is 0.201. The van der Waals surface area contributed by atoms with Crippen LogP contribution in [0.25, 0.3) is 0 Å². The molecule has 1 aromatic carbocycles. The van der Waals surface area contributed by atoms with Crippen molar-refractivity contribution in [2.75, 3.05) is 33.0 Å². The van der Waals surface area contributed by atoms with Crippen molar-refractivity contribution in [1.29, 1.82) is 0 Å². The first-order valence-electron chi connectivity index (χ1n) is 6.32. The Balaban J connectivity index is 2.29. The maximum Gasteiger partial charge on any atom is 0.243 e. The molecule has 112 valence electrons. The van der Waals surface area contributed by atoms with Crippen LogP contribution in [0.5, 0.6) is 0 Å². The maximum absolute atomic E-state index is 12.6. The van der Waals surface area contributed by atoms with Crippen molar-refractivity contribution >= 4 is 15.7 Å². The highest BCUT2D eigenvalue weighted by molar-refractivity contribution is 7.89. The van der Waals surface area contributed by atoms with Crippen LogP contribution in [0.1, 0.15) is 5.56 Å². The third kappa shape index (κ3) is 2.67. The van der Waals surface area contributed by atoms with Crippen molar-refractivity contribution in [3.63, 3.8) is 0 Å². The molecule has 2 unspecified atom stereocenters. The van der Waals surface area contributed by atoms with Crippen LogP contribution in [0.4, 0.5) is 5.69 Å². The van der Waals surface area contributed by atoms with Crippen molar-refractivity contribution < 1.29 is 17.9 Å². The van der Waals surface area contributed by atoms with Crippen molar-refractivity contribution in [3.8, 4) is 0 Å². The van der Waals surface area contributed by atoms with Gasteiger partial charge in [-0.25, -0.2) is 8.42 Å². The zero-order valence-corrected chi connectivity index (χ0v) is 12.7. The fourth-order valence-corrected chi connectivity index (χ4v) is 3.79. The second-order valence-electron chi connectivity index (χ2n) is 4.89. The van der Waals surface area contributed by atoms with E-state index in [-0.39, 0.29) is 30.2 Å². The molecule has 0 bridgehead atoms. The zero-order chi connectivity index (χ0) is 14.9. The van der Waals surface area contributed by atoms with Gasteiger partial charge in [0.15, 0.2) is 0 Å². The molecule has 1 aromatic rings. The molecule has 2 N–H and O–H groups in total. The van der Waals surface area contributed by atoms with Crippen molar-refractivity contribution in [3.05, 3.63) is 23.8 Å². The highest BCUT2D eigenvalue weighted by atomic mass is 32.2. The lowest BCUT2D eigenvalue weighted by atomic mass is 10.2. The molecule has 7 heteroatoms. The summed E-state index contributed by atoms with van der Waals surface area (Å²) in [5.74, 6) is 0. The van der Waals surface area contributed by atoms with Crippen LogP contribution in [0, 0.1) is 6.92 Å². The molecule has 1 aliphatic heterocycles. The molecule has 2 atom stereocenters. The van der Waals surface area contributed by atoms with Gasteiger partial charge >= 0.3 is 0 Å². The number of aryl methyl sites for hydroxylation is 1. The standard InChI is InChI=1S/C13H20N2O4S/c1-9-4-5-10(6-11(9)14)20(16,17)15-7-12(18-2)13(8-15)19-3/h4-6,12-13H,7-8,14H2,1-3H3. The fraction of sp³-hybridized carbons (Fsp3) is 0.538. The Labute approximate surface area is 119 Å². The van der Waals surface area contributed by atoms with Crippen LogP contribution in [0.15, 0.2) is 23.1 Å². The minimum Gasteiger partial charge on any atom is -0.398 e. The zero-order valence-electron chi connectivity index (χ0n) is 11.9. The van der Waals surface area contributed by atoms with E-state index in [0.717, 1.165) is 5.56 Å². The van der Waals surface area contributed by atoms with Crippen LogP contribution in [0.3, 0.4) is 0 Å². The molecule has 1 fully saturated rings. The second kappa shape index (κ2) is 5.69. The van der Waals surface area contributed by atoms with Crippen molar-refractivity contribution in [2.45, 2.75) is 24.0 Å². The van der Waals surface area contributed by atoms with Gasteiger partial charge in [-0.2, -0.15) is 4.31 Å². The van der Waals surface area contributed by atoms with Crippen LogP contribution >= 0.6 is 0 Å². The number of methoxy groups -OCH3 is 2. The summed E-state index contributed by atoms with van der Waals surface area (Å²) >= 11 is 0. The highest BCUT2D eigenvalue weighted by Crippen LogP contribution is 2.26. The molecule has 0 aromatic heterocycles. The molecule has 0 aliphatic carbocycles. The smallest absolute Gasteiger partial charge is 0.243 e. The molecular weight excluding hydrogens is 280 g/mol. The molecule has 20 heavy (non-hydrogen) atoms. The van der Waals surface area contributed by atoms with E-state index >= 15 is 0 Å². The Kier molecular flexibility index (Phi) is 4.33. The van der Waals surface area contributed by atoms with Gasteiger partial charge in [0.05, 0.1) is 17.1 Å². The molecule has 1 aliphatic rings. The predicted octanol–water partition coefficient (Wildman–Crippen LogP) is 0.612. The topological polar surface area (TPSA) is 81.9 Å². The van der Waals surface area contributed by atoms with Gasteiger partial charge in [0.2, 0.25) is 10.0 Å². The van der Waals surface area contributed by atoms with E-state index in [1.165, 1.54) is 10.4 Å². The molecule has 1 heterocycles. The van der Waals surface area contributed by atoms with Crippen LogP contribution in [-0.2, 0) is 19.5 Å². The van der Waals surface area contributed by atoms with E-state index in [2.05, 4.69) is 0 Å². The Bertz CT molecular complexity index is 576. The van der Waals surface area contributed by atoms with Crippen LogP contribution in [0.2, 0.25) is 0 Å². The first kappa shape index (κ1) is 15.2. The van der Waals surface area contributed by atoms with E-state index in [1.54, 1.807) is 26.4 Å². The second-order valence-corrected chi connectivity index (χ2v) is 6.83. The molecule has 0 amide bonds. The molecule has 0 saturated carbocycles. The summed E-state index contributed by atoms with van der Waals surface area (Å²) in [6.07, 6.45) is -0.504. The van der Waals surface area contributed by atoms with Gasteiger partial charge in [-0.05, 0) is 24.6 Å².